The first-order valence-corrected chi connectivity index (χ1v) is 7.76. The molecule has 0 fully saturated rings. The van der Waals surface area contributed by atoms with E-state index >= 15 is 0 Å². The highest BCUT2D eigenvalue weighted by atomic mass is 32.1. The summed E-state index contributed by atoms with van der Waals surface area (Å²) in [6.45, 7) is 4.68. The molecule has 0 bridgehead atoms. The van der Waals surface area contributed by atoms with Crippen LogP contribution in [0.25, 0.3) is 20.1 Å². The number of benzene rings is 1. The second-order valence-corrected chi connectivity index (χ2v) is 6.15. The maximum Gasteiger partial charge on any atom is 0.136 e. The SMILES string of the molecule is CCOc1ccc2nc(-c3scc(C)c3N)sc2c1. The molecule has 1 aromatic carbocycles. The van der Waals surface area contributed by atoms with Crippen molar-refractivity contribution in [3.8, 4) is 15.6 Å². The lowest BCUT2D eigenvalue weighted by Gasteiger charge is -2.00. The van der Waals surface area contributed by atoms with Crippen LogP contribution < -0.4 is 10.5 Å². The first-order chi connectivity index (χ1) is 9.19. The molecule has 3 nitrogen and oxygen atoms in total. The normalized spacial score (nSPS) is 11.1. The number of nitrogen functional groups attached to an aromatic ring is 1. The first kappa shape index (κ1) is 12.4. The van der Waals surface area contributed by atoms with E-state index in [1.54, 1.807) is 22.7 Å². The molecule has 0 saturated carbocycles. The van der Waals surface area contributed by atoms with Gasteiger partial charge in [0.25, 0.3) is 0 Å². The highest BCUT2D eigenvalue weighted by Gasteiger charge is 2.13. The molecule has 5 heteroatoms. The van der Waals surface area contributed by atoms with E-state index in [1.807, 2.05) is 32.0 Å². The lowest BCUT2D eigenvalue weighted by atomic mass is 10.3. The van der Waals surface area contributed by atoms with Crippen molar-refractivity contribution in [1.29, 1.82) is 0 Å². The van der Waals surface area contributed by atoms with Crippen molar-refractivity contribution in [2.24, 2.45) is 0 Å². The second kappa shape index (κ2) is 4.83. The molecule has 2 heterocycles. The Morgan fingerprint density at radius 2 is 2.21 bits per heavy atom. The third kappa shape index (κ3) is 2.19. The minimum absolute atomic E-state index is 0.675. The van der Waals surface area contributed by atoms with E-state index in [1.165, 1.54) is 0 Å². The molecule has 0 radical (unpaired) electrons. The van der Waals surface area contributed by atoms with E-state index < -0.39 is 0 Å². The molecule has 3 rings (SSSR count). The molecule has 0 aliphatic rings. The molecule has 2 aromatic heterocycles. The van der Waals surface area contributed by atoms with E-state index in [0.717, 1.165) is 37.1 Å². The summed E-state index contributed by atoms with van der Waals surface area (Å²) in [4.78, 5) is 5.72. The van der Waals surface area contributed by atoms with Gasteiger partial charge in [-0.25, -0.2) is 4.98 Å². The summed E-state index contributed by atoms with van der Waals surface area (Å²) < 4.78 is 6.64. The van der Waals surface area contributed by atoms with Crippen molar-refractivity contribution in [2.45, 2.75) is 13.8 Å². The number of nitrogens with zero attached hydrogens (tertiary/aromatic N) is 1. The number of ether oxygens (including phenoxy) is 1. The molecule has 3 aromatic rings. The van der Waals surface area contributed by atoms with Crippen molar-refractivity contribution in [2.75, 3.05) is 12.3 Å². The van der Waals surface area contributed by atoms with Gasteiger partial charge in [-0.3, -0.25) is 0 Å². The number of rotatable bonds is 3. The Morgan fingerprint density at radius 1 is 1.37 bits per heavy atom. The fourth-order valence-electron chi connectivity index (χ4n) is 1.88. The summed E-state index contributed by atoms with van der Waals surface area (Å²) in [7, 11) is 0. The summed E-state index contributed by atoms with van der Waals surface area (Å²) in [6, 6.07) is 5.99. The van der Waals surface area contributed by atoms with E-state index in [4.69, 9.17) is 10.5 Å². The third-order valence-electron chi connectivity index (χ3n) is 2.89. The Bertz CT molecular complexity index is 730. The summed E-state index contributed by atoms with van der Waals surface area (Å²) in [5.74, 6) is 0.889. The van der Waals surface area contributed by atoms with Crippen LogP contribution >= 0.6 is 22.7 Å². The number of anilines is 1. The van der Waals surface area contributed by atoms with E-state index in [-0.39, 0.29) is 0 Å². The van der Waals surface area contributed by atoms with Gasteiger partial charge < -0.3 is 10.5 Å². The van der Waals surface area contributed by atoms with E-state index in [2.05, 4.69) is 10.4 Å². The zero-order chi connectivity index (χ0) is 13.4. The molecule has 19 heavy (non-hydrogen) atoms. The minimum Gasteiger partial charge on any atom is -0.494 e. The van der Waals surface area contributed by atoms with Gasteiger partial charge >= 0.3 is 0 Å². The fraction of sp³-hybridized carbons (Fsp3) is 0.214. The molecular formula is C14H14N2OS2. The summed E-state index contributed by atoms with van der Waals surface area (Å²) >= 11 is 3.31. The number of aromatic nitrogens is 1. The van der Waals surface area contributed by atoms with Gasteiger partial charge in [-0.2, -0.15) is 0 Å². The van der Waals surface area contributed by atoms with Gasteiger partial charge in [0.15, 0.2) is 0 Å². The average molecular weight is 290 g/mol. The third-order valence-corrected chi connectivity index (χ3v) is 5.17. The predicted molar refractivity (Wildman–Crippen MR) is 83.3 cm³/mol. The smallest absolute Gasteiger partial charge is 0.136 e. The largest absolute Gasteiger partial charge is 0.494 e. The van der Waals surface area contributed by atoms with Crippen molar-refractivity contribution in [3.05, 3.63) is 29.1 Å². The van der Waals surface area contributed by atoms with Crippen LogP contribution in [0, 0.1) is 6.92 Å². The summed E-state index contributed by atoms with van der Waals surface area (Å²) in [5.41, 5.74) is 9.04. The molecule has 0 atom stereocenters. The average Bonchev–Trinajstić information content (AvgIpc) is 2.94. The molecular weight excluding hydrogens is 276 g/mol. The Morgan fingerprint density at radius 3 is 2.89 bits per heavy atom. The van der Waals surface area contributed by atoms with Crippen LogP contribution in [0.1, 0.15) is 12.5 Å². The highest BCUT2D eigenvalue weighted by molar-refractivity contribution is 7.25. The minimum atomic E-state index is 0.675. The summed E-state index contributed by atoms with van der Waals surface area (Å²) in [5, 5.41) is 3.06. The number of hydrogen-bond acceptors (Lipinski definition) is 5. The van der Waals surface area contributed by atoms with E-state index in [9.17, 15) is 0 Å². The molecule has 98 valence electrons. The Labute approximate surface area is 119 Å². The number of aryl methyl sites for hydroxylation is 1. The fourth-order valence-corrected chi connectivity index (χ4v) is 3.95. The zero-order valence-corrected chi connectivity index (χ0v) is 12.4. The molecule has 2 N–H and O–H groups in total. The van der Waals surface area contributed by atoms with E-state index in [0.29, 0.717) is 6.61 Å². The van der Waals surface area contributed by atoms with Crippen LogP contribution in [0.3, 0.4) is 0 Å². The van der Waals surface area contributed by atoms with Crippen LogP contribution in [0.4, 0.5) is 5.69 Å². The zero-order valence-electron chi connectivity index (χ0n) is 10.8. The Hall–Kier alpha value is -1.59. The van der Waals surface area contributed by atoms with Gasteiger partial charge in [0.05, 0.1) is 27.4 Å². The van der Waals surface area contributed by atoms with Gasteiger partial charge in [0, 0.05) is 0 Å². The van der Waals surface area contributed by atoms with Gasteiger partial charge in [-0.05, 0) is 43.0 Å². The Balaban J connectivity index is 2.08. The van der Waals surface area contributed by atoms with Gasteiger partial charge in [0.1, 0.15) is 10.8 Å². The molecule has 0 aliphatic carbocycles. The van der Waals surface area contributed by atoms with Crippen LogP contribution in [0.2, 0.25) is 0 Å². The van der Waals surface area contributed by atoms with Crippen molar-refractivity contribution < 1.29 is 4.74 Å². The molecule has 0 saturated heterocycles. The maximum atomic E-state index is 6.09. The van der Waals surface area contributed by atoms with Crippen molar-refractivity contribution in [3.63, 3.8) is 0 Å². The lowest BCUT2D eigenvalue weighted by molar-refractivity contribution is 0.341. The monoisotopic (exact) mass is 290 g/mol. The molecule has 0 aliphatic heterocycles. The predicted octanol–water partition coefficient (Wildman–Crippen LogP) is 4.31. The number of thiophene rings is 1. The van der Waals surface area contributed by atoms with Crippen molar-refractivity contribution >= 4 is 38.6 Å². The lowest BCUT2D eigenvalue weighted by Crippen LogP contribution is -1.89. The summed E-state index contributed by atoms with van der Waals surface area (Å²) in [6.07, 6.45) is 0. The Kier molecular flexibility index (Phi) is 3.16. The quantitative estimate of drug-likeness (QED) is 0.781. The molecule has 0 amide bonds. The van der Waals surface area contributed by atoms with Gasteiger partial charge in [-0.15, -0.1) is 22.7 Å². The number of fused-ring (bicyclic) bond motifs is 1. The highest BCUT2D eigenvalue weighted by Crippen LogP contribution is 2.39. The van der Waals surface area contributed by atoms with Crippen LogP contribution in [0.5, 0.6) is 5.75 Å². The molecule has 0 unspecified atom stereocenters. The molecule has 0 spiro atoms. The number of nitrogens with two attached hydrogens (primary N) is 1. The van der Waals surface area contributed by atoms with Crippen LogP contribution in [-0.4, -0.2) is 11.6 Å². The number of thiazole rings is 1. The van der Waals surface area contributed by atoms with Gasteiger partial charge in [0.2, 0.25) is 0 Å². The van der Waals surface area contributed by atoms with Crippen LogP contribution in [-0.2, 0) is 0 Å². The van der Waals surface area contributed by atoms with Crippen LogP contribution in [0.15, 0.2) is 23.6 Å². The maximum absolute atomic E-state index is 6.09. The topological polar surface area (TPSA) is 48.1 Å². The second-order valence-electron chi connectivity index (χ2n) is 4.24. The van der Waals surface area contributed by atoms with Crippen molar-refractivity contribution in [1.82, 2.24) is 4.98 Å². The standard InChI is InChI=1S/C14H14N2OS2/c1-3-17-9-4-5-10-11(6-9)19-14(16-10)13-12(15)8(2)7-18-13/h4-7H,3,15H2,1-2H3. The first-order valence-electron chi connectivity index (χ1n) is 6.06. The van der Waals surface area contributed by atoms with Gasteiger partial charge in [-0.1, -0.05) is 0 Å². The number of hydrogen-bond donors (Lipinski definition) is 1.